The highest BCUT2D eigenvalue weighted by molar-refractivity contribution is 5.75. The van der Waals surface area contributed by atoms with Gasteiger partial charge >= 0.3 is 0 Å². The van der Waals surface area contributed by atoms with E-state index in [0.717, 1.165) is 11.1 Å². The molecule has 0 heterocycles. The van der Waals surface area contributed by atoms with E-state index in [1.165, 1.54) is 0 Å². The Morgan fingerprint density at radius 1 is 0.442 bits per heavy atom. The van der Waals surface area contributed by atoms with E-state index < -0.39 is 5.41 Å². The van der Waals surface area contributed by atoms with Gasteiger partial charge in [-0.15, -0.1) is 0 Å². The Kier molecular flexibility index (Phi) is 13.9. The first-order valence-electron chi connectivity index (χ1n) is 15.4. The van der Waals surface area contributed by atoms with Gasteiger partial charge in [-0.25, -0.2) is 0 Å². The summed E-state index contributed by atoms with van der Waals surface area (Å²) >= 11 is 0. The molecule has 0 saturated heterocycles. The molecule has 0 aliphatic carbocycles. The molecule has 0 saturated carbocycles. The topological polar surface area (TPSA) is 73.8 Å². The molecule has 2 aromatic carbocycles. The van der Waals surface area contributed by atoms with Crippen LogP contribution in [0.1, 0.15) is 91.5 Å². The SMILES string of the molecule is CC=COc1c(OCC)c(C)c(OCC)c(OCC)c1C(C)(C)c1c(OC=CC)c(OCC)c(C)c(OCC)c1OCC. The molecule has 0 N–H and O–H groups in total. The van der Waals surface area contributed by atoms with Gasteiger partial charge in [0, 0.05) is 16.5 Å². The summed E-state index contributed by atoms with van der Waals surface area (Å²) in [4.78, 5) is 0. The van der Waals surface area contributed by atoms with Crippen LogP contribution in [0.15, 0.2) is 24.7 Å². The fourth-order valence-corrected chi connectivity index (χ4v) is 5.14. The number of ether oxygens (including phenoxy) is 8. The molecule has 0 aliphatic rings. The van der Waals surface area contributed by atoms with Gasteiger partial charge in [-0.1, -0.05) is 26.0 Å². The second-order valence-corrected chi connectivity index (χ2v) is 10.0. The van der Waals surface area contributed by atoms with Crippen molar-refractivity contribution in [1.29, 1.82) is 0 Å². The summed E-state index contributed by atoms with van der Waals surface area (Å²) in [5, 5.41) is 0. The fourth-order valence-electron chi connectivity index (χ4n) is 5.14. The van der Waals surface area contributed by atoms with Crippen LogP contribution >= 0.6 is 0 Å². The van der Waals surface area contributed by atoms with Gasteiger partial charge < -0.3 is 37.9 Å². The number of hydrogen-bond acceptors (Lipinski definition) is 8. The lowest BCUT2D eigenvalue weighted by molar-refractivity contribution is 0.259. The maximum atomic E-state index is 6.42. The van der Waals surface area contributed by atoms with E-state index >= 15 is 0 Å². The molecule has 240 valence electrons. The molecule has 8 heteroatoms. The van der Waals surface area contributed by atoms with E-state index in [0.29, 0.717) is 96.8 Å². The lowest BCUT2D eigenvalue weighted by atomic mass is 9.74. The van der Waals surface area contributed by atoms with Crippen molar-refractivity contribution in [2.24, 2.45) is 0 Å². The molecule has 0 aliphatic heterocycles. The van der Waals surface area contributed by atoms with Gasteiger partial charge in [-0.3, -0.25) is 0 Å². The monoisotopic (exact) mass is 600 g/mol. The van der Waals surface area contributed by atoms with E-state index in [9.17, 15) is 0 Å². The summed E-state index contributed by atoms with van der Waals surface area (Å²) in [5.74, 6) is 4.50. The average molecular weight is 601 g/mol. The van der Waals surface area contributed by atoms with Crippen LogP contribution in [0.2, 0.25) is 0 Å². The van der Waals surface area contributed by atoms with Crippen molar-refractivity contribution in [3.63, 3.8) is 0 Å². The van der Waals surface area contributed by atoms with Crippen LogP contribution < -0.4 is 37.9 Å². The zero-order chi connectivity index (χ0) is 32.2. The van der Waals surface area contributed by atoms with Crippen LogP contribution in [-0.2, 0) is 5.41 Å². The van der Waals surface area contributed by atoms with Crippen LogP contribution in [0.5, 0.6) is 46.0 Å². The smallest absolute Gasteiger partial charge is 0.176 e. The van der Waals surface area contributed by atoms with Gasteiger partial charge in [0.15, 0.2) is 46.0 Å². The Morgan fingerprint density at radius 3 is 0.953 bits per heavy atom. The van der Waals surface area contributed by atoms with Crippen molar-refractivity contribution < 1.29 is 37.9 Å². The van der Waals surface area contributed by atoms with Gasteiger partial charge in [0.25, 0.3) is 0 Å². The van der Waals surface area contributed by atoms with Crippen LogP contribution in [0, 0.1) is 13.8 Å². The lowest BCUT2D eigenvalue weighted by Gasteiger charge is -2.35. The molecule has 43 heavy (non-hydrogen) atoms. The molecule has 0 fully saturated rings. The van der Waals surface area contributed by atoms with Crippen molar-refractivity contribution in [3.05, 3.63) is 46.9 Å². The second kappa shape index (κ2) is 16.8. The van der Waals surface area contributed by atoms with E-state index in [-0.39, 0.29) is 0 Å². The van der Waals surface area contributed by atoms with Crippen LogP contribution in [-0.4, -0.2) is 39.6 Å². The average Bonchev–Trinajstić information content (AvgIpc) is 2.97. The molecule has 0 spiro atoms. The predicted molar refractivity (Wildman–Crippen MR) is 172 cm³/mol. The molecule has 0 unspecified atom stereocenters. The molecule has 0 bridgehead atoms. The predicted octanol–water partition coefficient (Wildman–Crippen LogP) is 8.85. The standard InChI is InChI=1S/C35H52O8/c1-13-21-42-33-25(31(40-19-7)27(36-15-3)23(9)29(33)38-17-5)35(11,12)26-32(41-20-8)28(37-16-4)24(10)30(39-18-6)34(26)43-22-14-2/h13-14,21-22H,15-20H2,1-12H3. The summed E-state index contributed by atoms with van der Waals surface area (Å²) in [7, 11) is 0. The molecule has 2 aromatic rings. The molecular weight excluding hydrogens is 548 g/mol. The molecule has 0 atom stereocenters. The third-order valence-corrected chi connectivity index (χ3v) is 6.72. The Hall–Kier alpha value is -3.68. The Labute approximate surface area is 258 Å². The lowest BCUT2D eigenvalue weighted by Crippen LogP contribution is -2.25. The maximum absolute atomic E-state index is 6.42. The zero-order valence-corrected chi connectivity index (χ0v) is 28.3. The first kappa shape index (κ1) is 35.5. The molecule has 0 radical (unpaired) electrons. The van der Waals surface area contributed by atoms with Gasteiger partial charge in [0.2, 0.25) is 0 Å². The summed E-state index contributed by atoms with van der Waals surface area (Å²) < 4.78 is 50.6. The second-order valence-electron chi connectivity index (χ2n) is 10.0. The van der Waals surface area contributed by atoms with Crippen molar-refractivity contribution in [2.75, 3.05) is 39.6 Å². The van der Waals surface area contributed by atoms with Gasteiger partial charge in [0.1, 0.15) is 0 Å². The highest BCUT2D eigenvalue weighted by Gasteiger charge is 2.43. The first-order valence-corrected chi connectivity index (χ1v) is 15.4. The summed E-state index contributed by atoms with van der Waals surface area (Å²) in [6, 6.07) is 0. The Bertz CT molecular complexity index is 1160. The highest BCUT2D eigenvalue weighted by atomic mass is 16.5. The van der Waals surface area contributed by atoms with Crippen LogP contribution in [0.4, 0.5) is 0 Å². The van der Waals surface area contributed by atoms with Gasteiger partial charge in [-0.05, 0) is 69.2 Å². The first-order chi connectivity index (χ1) is 20.7. The van der Waals surface area contributed by atoms with E-state index in [1.54, 1.807) is 12.5 Å². The molecule has 8 nitrogen and oxygen atoms in total. The molecule has 0 aromatic heterocycles. The minimum atomic E-state index is -0.903. The largest absolute Gasteiger partial charge is 0.490 e. The van der Waals surface area contributed by atoms with Crippen molar-refractivity contribution >= 4 is 0 Å². The fraction of sp³-hybridized carbons (Fsp3) is 0.543. The Balaban J connectivity index is 3.36. The third-order valence-electron chi connectivity index (χ3n) is 6.72. The quantitative estimate of drug-likeness (QED) is 0.157. The minimum Gasteiger partial charge on any atom is -0.490 e. The highest BCUT2D eigenvalue weighted by Crippen LogP contribution is 2.60. The van der Waals surface area contributed by atoms with Crippen LogP contribution in [0.25, 0.3) is 0 Å². The molecular formula is C35H52O8. The number of benzene rings is 2. The summed E-state index contributed by atoms with van der Waals surface area (Å²) in [5.41, 5.74) is 2.10. The number of allylic oxidation sites excluding steroid dienone is 2. The van der Waals surface area contributed by atoms with Crippen LogP contribution in [0.3, 0.4) is 0 Å². The zero-order valence-electron chi connectivity index (χ0n) is 28.3. The van der Waals surface area contributed by atoms with Crippen molar-refractivity contribution in [2.45, 2.75) is 88.5 Å². The molecule has 0 amide bonds. The van der Waals surface area contributed by atoms with E-state index in [4.69, 9.17) is 37.9 Å². The van der Waals surface area contributed by atoms with Gasteiger partial charge in [0.05, 0.1) is 63.3 Å². The summed E-state index contributed by atoms with van der Waals surface area (Å²) in [6.07, 6.45) is 6.94. The Morgan fingerprint density at radius 2 is 0.698 bits per heavy atom. The normalized spacial score (nSPS) is 11.6. The number of hydrogen-bond donors (Lipinski definition) is 0. The minimum absolute atomic E-state index is 0.405. The van der Waals surface area contributed by atoms with Crippen molar-refractivity contribution in [3.8, 4) is 46.0 Å². The van der Waals surface area contributed by atoms with E-state index in [2.05, 4.69) is 13.8 Å². The van der Waals surface area contributed by atoms with Gasteiger partial charge in [-0.2, -0.15) is 0 Å². The maximum Gasteiger partial charge on any atom is 0.176 e. The summed E-state index contributed by atoms with van der Waals surface area (Å²) in [6.45, 7) is 26.1. The van der Waals surface area contributed by atoms with E-state index in [1.807, 2.05) is 81.4 Å². The number of rotatable bonds is 18. The van der Waals surface area contributed by atoms with Crippen molar-refractivity contribution in [1.82, 2.24) is 0 Å². The molecule has 2 rings (SSSR count). The third kappa shape index (κ3) is 7.46.